The fraction of sp³-hybridized carbons (Fsp3) is 0.562. The van der Waals surface area contributed by atoms with Crippen LogP contribution in [0.2, 0.25) is 0 Å². The van der Waals surface area contributed by atoms with E-state index in [1.165, 1.54) is 12.8 Å². The van der Waals surface area contributed by atoms with E-state index in [0.717, 1.165) is 24.8 Å². The lowest BCUT2D eigenvalue weighted by Gasteiger charge is -2.21. The van der Waals surface area contributed by atoms with Crippen LogP contribution in [0.1, 0.15) is 30.1 Å². The van der Waals surface area contributed by atoms with Crippen LogP contribution in [0.15, 0.2) is 18.2 Å². The monoisotopic (exact) mass is 290 g/mol. The van der Waals surface area contributed by atoms with Crippen LogP contribution >= 0.6 is 0 Å². The molecule has 0 heterocycles. The molecule has 1 fully saturated rings. The maximum atomic E-state index is 12.4. The summed E-state index contributed by atoms with van der Waals surface area (Å²) in [5.41, 5.74) is 7.93. The number of hydrogen-bond acceptors (Lipinski definition) is 4. The third-order valence-corrected chi connectivity index (χ3v) is 3.90. The summed E-state index contributed by atoms with van der Waals surface area (Å²) in [4.78, 5) is 16.7. The summed E-state index contributed by atoms with van der Waals surface area (Å²) in [6, 6.07) is 6.17. The van der Waals surface area contributed by atoms with Crippen molar-refractivity contribution < 1.29 is 4.79 Å². The Hall–Kier alpha value is -1.75. The number of likely N-dealkylation sites (N-methyl/N-ethyl adjacent to an activating group) is 1. The molecule has 116 valence electrons. The summed E-state index contributed by atoms with van der Waals surface area (Å²) in [6.07, 6.45) is 2.59. The average molecular weight is 290 g/mol. The number of carbonyl (C=O) groups excluding carboxylic acids is 1. The van der Waals surface area contributed by atoms with Gasteiger partial charge in [0.05, 0.1) is 5.56 Å². The first-order chi connectivity index (χ1) is 10.0. The van der Waals surface area contributed by atoms with E-state index in [-0.39, 0.29) is 5.91 Å². The van der Waals surface area contributed by atoms with Gasteiger partial charge in [0.2, 0.25) is 0 Å². The number of amides is 1. The van der Waals surface area contributed by atoms with Gasteiger partial charge in [0, 0.05) is 44.6 Å². The number of nitrogen functional groups attached to an aromatic ring is 1. The van der Waals surface area contributed by atoms with Crippen molar-refractivity contribution in [2.75, 3.05) is 44.4 Å². The van der Waals surface area contributed by atoms with Crippen molar-refractivity contribution in [3.63, 3.8) is 0 Å². The predicted octanol–water partition coefficient (Wildman–Crippen LogP) is 1.55. The number of rotatable bonds is 7. The van der Waals surface area contributed by atoms with Crippen molar-refractivity contribution in [3.8, 4) is 0 Å². The largest absolute Gasteiger partial charge is 0.399 e. The zero-order chi connectivity index (χ0) is 15.4. The molecule has 1 aromatic carbocycles. The summed E-state index contributed by atoms with van der Waals surface area (Å²) in [6.45, 7) is 4.79. The molecule has 3 N–H and O–H groups in total. The third kappa shape index (κ3) is 4.11. The van der Waals surface area contributed by atoms with E-state index in [2.05, 4.69) is 17.1 Å². The Bertz CT molecular complexity index is 497. The van der Waals surface area contributed by atoms with Gasteiger partial charge in [-0.2, -0.15) is 0 Å². The highest BCUT2D eigenvalue weighted by atomic mass is 16.1. The van der Waals surface area contributed by atoms with E-state index < -0.39 is 0 Å². The molecule has 0 atom stereocenters. The van der Waals surface area contributed by atoms with Gasteiger partial charge >= 0.3 is 0 Å². The van der Waals surface area contributed by atoms with Crippen LogP contribution in [0.5, 0.6) is 0 Å². The summed E-state index contributed by atoms with van der Waals surface area (Å²) in [5, 5.41) is 3.01. The maximum Gasteiger partial charge on any atom is 0.253 e. The van der Waals surface area contributed by atoms with Crippen molar-refractivity contribution in [2.45, 2.75) is 25.8 Å². The zero-order valence-electron chi connectivity index (χ0n) is 13.2. The van der Waals surface area contributed by atoms with Crippen LogP contribution in [0.4, 0.5) is 11.4 Å². The van der Waals surface area contributed by atoms with Gasteiger partial charge in [-0.3, -0.25) is 9.69 Å². The Morgan fingerprint density at radius 2 is 2.10 bits per heavy atom. The first kappa shape index (κ1) is 15.6. The summed E-state index contributed by atoms with van der Waals surface area (Å²) < 4.78 is 0. The Labute approximate surface area is 127 Å². The Morgan fingerprint density at radius 1 is 1.38 bits per heavy atom. The third-order valence-electron chi connectivity index (χ3n) is 3.90. The van der Waals surface area contributed by atoms with E-state index in [9.17, 15) is 4.79 Å². The lowest BCUT2D eigenvalue weighted by Crippen LogP contribution is -2.36. The zero-order valence-corrected chi connectivity index (χ0v) is 13.2. The highest BCUT2D eigenvalue weighted by Gasteiger charge is 2.27. The van der Waals surface area contributed by atoms with E-state index in [0.29, 0.717) is 17.8 Å². The number of nitrogens with one attached hydrogen (secondary N) is 1. The molecule has 0 aromatic heterocycles. The molecular weight excluding hydrogens is 264 g/mol. The van der Waals surface area contributed by atoms with E-state index >= 15 is 0 Å². The SMILES string of the molecule is CCN(CCNC(=O)c1cc(N)ccc1N(C)C)C1CC1. The molecule has 1 aliphatic carbocycles. The standard InChI is InChI=1S/C16H26N4O/c1-4-20(13-6-7-13)10-9-18-16(21)14-11-12(17)5-8-15(14)19(2)3/h5,8,11,13H,4,6-7,9-10,17H2,1-3H3,(H,18,21). The molecule has 1 saturated carbocycles. The van der Waals surface area contributed by atoms with Crippen molar-refractivity contribution in [2.24, 2.45) is 0 Å². The minimum atomic E-state index is -0.0575. The molecule has 0 spiro atoms. The van der Waals surface area contributed by atoms with Gasteiger partial charge in [-0.15, -0.1) is 0 Å². The quantitative estimate of drug-likeness (QED) is 0.748. The van der Waals surface area contributed by atoms with Crippen molar-refractivity contribution in [3.05, 3.63) is 23.8 Å². The molecule has 0 bridgehead atoms. The molecular formula is C16H26N4O. The lowest BCUT2D eigenvalue weighted by atomic mass is 10.1. The highest BCUT2D eigenvalue weighted by molar-refractivity contribution is 6.00. The van der Waals surface area contributed by atoms with Gasteiger partial charge in [-0.1, -0.05) is 6.92 Å². The summed E-state index contributed by atoms with van der Waals surface area (Å²) >= 11 is 0. The van der Waals surface area contributed by atoms with Gasteiger partial charge in [0.1, 0.15) is 0 Å². The second kappa shape index (κ2) is 6.80. The number of benzene rings is 1. The number of nitrogens with two attached hydrogens (primary N) is 1. The summed E-state index contributed by atoms with van der Waals surface area (Å²) in [5.74, 6) is -0.0575. The molecule has 0 unspecified atom stereocenters. The van der Waals surface area contributed by atoms with Gasteiger partial charge in [-0.05, 0) is 37.6 Å². The maximum absolute atomic E-state index is 12.4. The minimum absolute atomic E-state index is 0.0575. The van der Waals surface area contributed by atoms with Gasteiger partial charge < -0.3 is 16.0 Å². The number of hydrogen-bond donors (Lipinski definition) is 2. The molecule has 1 aliphatic rings. The first-order valence-electron chi connectivity index (χ1n) is 7.62. The van der Waals surface area contributed by atoms with Crippen LogP contribution < -0.4 is 16.0 Å². The van der Waals surface area contributed by atoms with E-state index in [4.69, 9.17) is 5.73 Å². The molecule has 5 nitrogen and oxygen atoms in total. The van der Waals surface area contributed by atoms with Crippen LogP contribution in [0.3, 0.4) is 0 Å². The average Bonchev–Trinajstić information content (AvgIpc) is 3.27. The number of nitrogens with zero attached hydrogens (tertiary/aromatic N) is 2. The van der Waals surface area contributed by atoms with Gasteiger partial charge in [0.15, 0.2) is 0 Å². The minimum Gasteiger partial charge on any atom is -0.399 e. The van der Waals surface area contributed by atoms with Gasteiger partial charge in [0.25, 0.3) is 5.91 Å². The molecule has 1 aromatic rings. The normalized spacial score (nSPS) is 14.3. The Balaban J connectivity index is 1.94. The number of carbonyl (C=O) groups is 1. The molecule has 0 saturated heterocycles. The molecule has 5 heteroatoms. The smallest absolute Gasteiger partial charge is 0.253 e. The van der Waals surface area contributed by atoms with Crippen LogP contribution in [-0.4, -0.2) is 50.6 Å². The highest BCUT2D eigenvalue weighted by Crippen LogP contribution is 2.26. The molecule has 1 amide bonds. The second-order valence-corrected chi connectivity index (χ2v) is 5.79. The van der Waals surface area contributed by atoms with Crippen molar-refractivity contribution in [1.82, 2.24) is 10.2 Å². The fourth-order valence-corrected chi connectivity index (χ4v) is 2.57. The van der Waals surface area contributed by atoms with E-state index in [1.807, 2.05) is 31.1 Å². The van der Waals surface area contributed by atoms with Crippen LogP contribution in [0.25, 0.3) is 0 Å². The fourth-order valence-electron chi connectivity index (χ4n) is 2.57. The lowest BCUT2D eigenvalue weighted by molar-refractivity contribution is 0.0948. The molecule has 2 rings (SSSR count). The molecule has 21 heavy (non-hydrogen) atoms. The first-order valence-corrected chi connectivity index (χ1v) is 7.62. The Kier molecular flexibility index (Phi) is 5.07. The number of anilines is 2. The van der Waals surface area contributed by atoms with Crippen LogP contribution in [-0.2, 0) is 0 Å². The van der Waals surface area contributed by atoms with Crippen LogP contribution in [0, 0.1) is 0 Å². The van der Waals surface area contributed by atoms with Gasteiger partial charge in [-0.25, -0.2) is 0 Å². The Morgan fingerprint density at radius 3 is 2.67 bits per heavy atom. The molecule has 0 aliphatic heterocycles. The van der Waals surface area contributed by atoms with Crippen molar-refractivity contribution >= 4 is 17.3 Å². The predicted molar refractivity (Wildman–Crippen MR) is 87.8 cm³/mol. The van der Waals surface area contributed by atoms with E-state index in [1.54, 1.807) is 6.07 Å². The van der Waals surface area contributed by atoms with Crippen molar-refractivity contribution in [1.29, 1.82) is 0 Å². The second-order valence-electron chi connectivity index (χ2n) is 5.79. The molecule has 0 radical (unpaired) electrons. The summed E-state index contributed by atoms with van der Waals surface area (Å²) in [7, 11) is 3.85. The topological polar surface area (TPSA) is 61.6 Å².